The van der Waals surface area contributed by atoms with Gasteiger partial charge in [0, 0.05) is 5.39 Å². The fourth-order valence-corrected chi connectivity index (χ4v) is 2.94. The van der Waals surface area contributed by atoms with E-state index >= 15 is 0 Å². The number of carbonyl (C=O) groups is 1. The van der Waals surface area contributed by atoms with Crippen LogP contribution >= 0.6 is 12.4 Å². The molecule has 0 atom stereocenters. The second kappa shape index (κ2) is 7.70. The second-order valence-electron chi connectivity index (χ2n) is 5.47. The van der Waals surface area contributed by atoms with Gasteiger partial charge in [0.05, 0.1) is 20.3 Å². The molecule has 0 radical (unpaired) electrons. The zero-order valence-electron chi connectivity index (χ0n) is 13.5. The molecule has 6 heteroatoms. The molecule has 0 saturated carbocycles. The third kappa shape index (κ3) is 3.62. The lowest BCUT2D eigenvalue weighted by atomic mass is 10.1. The molecule has 0 N–H and O–H groups in total. The fourth-order valence-electron chi connectivity index (χ4n) is 2.94. The number of nitrogens with zero attached hydrogens (tertiary/aromatic N) is 1. The van der Waals surface area contributed by atoms with Crippen LogP contribution in [0.15, 0.2) is 22.6 Å². The summed E-state index contributed by atoms with van der Waals surface area (Å²) in [6.07, 6.45) is 2.39. The Morgan fingerprint density at radius 3 is 2.70 bits per heavy atom. The normalized spacial score (nSPS) is 14.7. The Morgan fingerprint density at radius 1 is 1.30 bits per heavy atom. The van der Waals surface area contributed by atoms with Crippen LogP contribution in [0.4, 0.5) is 0 Å². The summed E-state index contributed by atoms with van der Waals surface area (Å²) in [5.41, 5.74) is 1.22. The molecule has 126 valence electrons. The van der Waals surface area contributed by atoms with E-state index in [2.05, 4.69) is 4.90 Å². The van der Waals surface area contributed by atoms with E-state index in [0.717, 1.165) is 18.5 Å². The minimum absolute atomic E-state index is 0. The van der Waals surface area contributed by atoms with Gasteiger partial charge in [-0.3, -0.25) is 4.90 Å². The number of benzene rings is 1. The highest BCUT2D eigenvalue weighted by atomic mass is 35.5. The fraction of sp³-hybridized carbons (Fsp3) is 0.471. The average Bonchev–Trinajstić information content (AvgIpc) is 3.14. The Bertz CT molecular complexity index is 677. The highest BCUT2D eigenvalue weighted by Gasteiger charge is 2.25. The van der Waals surface area contributed by atoms with Crippen LogP contribution in [0, 0.1) is 0 Å². The molecular formula is C17H22ClNO4. The summed E-state index contributed by atoms with van der Waals surface area (Å²) in [5.74, 6) is 1.05. The number of fused-ring (bicyclic) bond motifs is 1. The zero-order chi connectivity index (χ0) is 15.5. The molecule has 0 spiro atoms. The Morgan fingerprint density at radius 2 is 2.04 bits per heavy atom. The van der Waals surface area contributed by atoms with Crippen molar-refractivity contribution in [3.63, 3.8) is 0 Å². The number of hydrogen-bond acceptors (Lipinski definition) is 5. The van der Waals surface area contributed by atoms with E-state index in [1.54, 1.807) is 14.0 Å². The first-order chi connectivity index (χ1) is 10.7. The molecule has 3 rings (SSSR count). The molecule has 1 saturated heterocycles. The number of likely N-dealkylation sites (tertiary alicyclic amines) is 1. The number of carbonyl (C=O) groups excluding carboxylic acids is 1. The minimum Gasteiger partial charge on any atom is -0.497 e. The molecule has 1 aromatic heterocycles. The molecular weight excluding hydrogens is 318 g/mol. The van der Waals surface area contributed by atoms with Gasteiger partial charge in [0.15, 0.2) is 0 Å². The molecule has 0 bridgehead atoms. The van der Waals surface area contributed by atoms with Crippen molar-refractivity contribution < 1.29 is 18.7 Å². The smallest absolute Gasteiger partial charge is 0.342 e. The molecule has 1 aliphatic rings. The number of ether oxygens (including phenoxy) is 2. The SMILES string of the molecule is CCOC(=O)c1c(CN2CCCC2)oc2ccc(OC)cc12.Cl. The van der Waals surface area contributed by atoms with Gasteiger partial charge in [0.2, 0.25) is 0 Å². The highest BCUT2D eigenvalue weighted by Crippen LogP contribution is 2.31. The summed E-state index contributed by atoms with van der Waals surface area (Å²) in [6, 6.07) is 5.50. The van der Waals surface area contributed by atoms with E-state index < -0.39 is 0 Å². The van der Waals surface area contributed by atoms with E-state index in [0.29, 0.717) is 35.8 Å². The lowest BCUT2D eigenvalue weighted by Gasteiger charge is -2.13. The third-order valence-corrected chi connectivity index (χ3v) is 4.01. The predicted molar refractivity (Wildman–Crippen MR) is 90.5 cm³/mol. The Labute approximate surface area is 141 Å². The first-order valence-electron chi connectivity index (χ1n) is 7.71. The summed E-state index contributed by atoms with van der Waals surface area (Å²) in [6.45, 7) is 4.88. The number of hydrogen-bond donors (Lipinski definition) is 0. The van der Waals surface area contributed by atoms with Crippen LogP contribution in [0.1, 0.15) is 35.9 Å². The van der Waals surface area contributed by atoms with Gasteiger partial charge in [-0.2, -0.15) is 0 Å². The summed E-state index contributed by atoms with van der Waals surface area (Å²) in [7, 11) is 1.61. The molecule has 1 fully saturated rings. The third-order valence-electron chi connectivity index (χ3n) is 4.01. The van der Waals surface area contributed by atoms with Crippen LogP contribution in [0.2, 0.25) is 0 Å². The molecule has 2 aromatic rings. The van der Waals surface area contributed by atoms with Crippen LogP contribution < -0.4 is 4.74 Å². The van der Waals surface area contributed by atoms with Gasteiger partial charge in [-0.05, 0) is 51.1 Å². The van der Waals surface area contributed by atoms with Crippen LogP contribution in [0.25, 0.3) is 11.0 Å². The molecule has 2 heterocycles. The maximum Gasteiger partial charge on any atom is 0.342 e. The van der Waals surface area contributed by atoms with E-state index in [4.69, 9.17) is 13.9 Å². The van der Waals surface area contributed by atoms with Crippen molar-refractivity contribution in [2.45, 2.75) is 26.3 Å². The van der Waals surface area contributed by atoms with Gasteiger partial charge in [-0.25, -0.2) is 4.79 Å². The first-order valence-corrected chi connectivity index (χ1v) is 7.71. The Hall–Kier alpha value is -1.72. The number of esters is 1. The van der Waals surface area contributed by atoms with Gasteiger partial charge >= 0.3 is 5.97 Å². The molecule has 0 aliphatic carbocycles. The monoisotopic (exact) mass is 339 g/mol. The summed E-state index contributed by atoms with van der Waals surface area (Å²) in [5, 5.41) is 0.756. The maximum atomic E-state index is 12.4. The quantitative estimate of drug-likeness (QED) is 0.778. The largest absolute Gasteiger partial charge is 0.497 e. The van der Waals surface area contributed by atoms with E-state index in [1.807, 2.05) is 18.2 Å². The van der Waals surface area contributed by atoms with Crippen molar-refractivity contribution in [3.05, 3.63) is 29.5 Å². The standard InChI is InChI=1S/C17H21NO4.ClH/c1-3-21-17(19)16-13-10-12(20-2)6-7-14(13)22-15(16)11-18-8-4-5-9-18;/h6-7,10H,3-5,8-9,11H2,1-2H3;1H. The van der Waals surface area contributed by atoms with Crippen molar-refractivity contribution in [1.29, 1.82) is 0 Å². The van der Waals surface area contributed by atoms with E-state index in [1.165, 1.54) is 12.8 Å². The molecule has 23 heavy (non-hydrogen) atoms. The van der Waals surface area contributed by atoms with Crippen molar-refractivity contribution in [2.24, 2.45) is 0 Å². The lowest BCUT2D eigenvalue weighted by molar-refractivity contribution is 0.0524. The van der Waals surface area contributed by atoms with E-state index in [9.17, 15) is 4.79 Å². The number of furan rings is 1. The van der Waals surface area contributed by atoms with Gasteiger partial charge in [-0.1, -0.05) is 0 Å². The van der Waals surface area contributed by atoms with Crippen molar-refractivity contribution >= 4 is 29.3 Å². The van der Waals surface area contributed by atoms with Gasteiger partial charge in [-0.15, -0.1) is 12.4 Å². The Kier molecular flexibility index (Phi) is 5.91. The number of methoxy groups -OCH3 is 1. The van der Waals surface area contributed by atoms with Gasteiger partial charge < -0.3 is 13.9 Å². The summed E-state index contributed by atoms with van der Waals surface area (Å²) < 4.78 is 16.4. The summed E-state index contributed by atoms with van der Waals surface area (Å²) >= 11 is 0. The maximum absolute atomic E-state index is 12.4. The van der Waals surface area contributed by atoms with Crippen LogP contribution in [-0.2, 0) is 11.3 Å². The molecule has 5 nitrogen and oxygen atoms in total. The van der Waals surface area contributed by atoms with Crippen LogP contribution in [0.5, 0.6) is 5.75 Å². The van der Waals surface area contributed by atoms with Crippen molar-refractivity contribution in [2.75, 3.05) is 26.8 Å². The van der Waals surface area contributed by atoms with Crippen molar-refractivity contribution in [3.8, 4) is 5.75 Å². The second-order valence-corrected chi connectivity index (χ2v) is 5.47. The first kappa shape index (κ1) is 17.6. The average molecular weight is 340 g/mol. The van der Waals surface area contributed by atoms with Crippen LogP contribution in [-0.4, -0.2) is 37.7 Å². The van der Waals surface area contributed by atoms with Crippen LogP contribution in [0.3, 0.4) is 0 Å². The van der Waals surface area contributed by atoms with E-state index in [-0.39, 0.29) is 18.4 Å². The minimum atomic E-state index is -0.330. The zero-order valence-corrected chi connectivity index (χ0v) is 14.3. The number of halogens is 1. The molecule has 0 amide bonds. The molecule has 1 aromatic carbocycles. The topological polar surface area (TPSA) is 51.9 Å². The highest BCUT2D eigenvalue weighted by molar-refractivity contribution is 6.05. The van der Waals surface area contributed by atoms with Crippen molar-refractivity contribution in [1.82, 2.24) is 4.90 Å². The summed E-state index contributed by atoms with van der Waals surface area (Å²) in [4.78, 5) is 14.7. The lowest BCUT2D eigenvalue weighted by Crippen LogP contribution is -2.19. The predicted octanol–water partition coefficient (Wildman–Crippen LogP) is 3.64. The number of rotatable bonds is 5. The Balaban J connectivity index is 0.00000192. The van der Waals surface area contributed by atoms with Gasteiger partial charge in [0.25, 0.3) is 0 Å². The van der Waals surface area contributed by atoms with Gasteiger partial charge in [0.1, 0.15) is 22.7 Å². The molecule has 0 unspecified atom stereocenters. The molecule has 1 aliphatic heterocycles.